The lowest BCUT2D eigenvalue weighted by Crippen LogP contribution is -2.10. The molecule has 0 aliphatic carbocycles. The van der Waals surface area contributed by atoms with E-state index in [-0.39, 0.29) is 5.91 Å². The van der Waals surface area contributed by atoms with Gasteiger partial charge in [0.05, 0.1) is 0 Å². The lowest BCUT2D eigenvalue weighted by molar-refractivity contribution is -0.116. The van der Waals surface area contributed by atoms with Crippen LogP contribution in [0.25, 0.3) is 0 Å². The van der Waals surface area contributed by atoms with Crippen LogP contribution < -0.4 is 5.32 Å². The minimum absolute atomic E-state index is 0.0319. The van der Waals surface area contributed by atoms with Crippen LogP contribution in [0.3, 0.4) is 0 Å². The number of amides is 1. The van der Waals surface area contributed by atoms with E-state index < -0.39 is 0 Å². The predicted molar refractivity (Wildman–Crippen MR) is 54.8 cm³/mol. The van der Waals surface area contributed by atoms with Gasteiger partial charge in [0.25, 0.3) is 0 Å². The fourth-order valence-electron chi connectivity index (χ4n) is 1.11. The number of carbonyl (C=O) groups excluding carboxylic acids is 2. The Kier molecular flexibility index (Phi) is 3.85. The van der Waals surface area contributed by atoms with E-state index in [4.69, 9.17) is 0 Å². The molecule has 0 saturated carbocycles. The molecule has 0 bridgehead atoms. The monoisotopic (exact) mass is 190 g/mol. The first-order valence-electron chi connectivity index (χ1n) is 4.54. The summed E-state index contributed by atoms with van der Waals surface area (Å²) < 4.78 is 0. The molecule has 1 aromatic carbocycles. The minimum atomic E-state index is -0.0319. The Morgan fingerprint density at radius 2 is 2.29 bits per heavy atom. The number of rotatable bonds is 4. The average molecular weight is 190 g/mol. The van der Waals surface area contributed by atoms with E-state index in [1.807, 2.05) is 6.92 Å². The van der Waals surface area contributed by atoms with Gasteiger partial charge in [0.1, 0.15) is 0 Å². The largest absolute Gasteiger partial charge is 0.326 e. The molecule has 0 aliphatic heterocycles. The molecule has 0 aliphatic rings. The quantitative estimate of drug-likeness (QED) is 0.787. The Hall–Kier alpha value is -1.64. The van der Waals surface area contributed by atoms with E-state index in [0.717, 1.165) is 6.42 Å². The summed E-state index contributed by atoms with van der Waals surface area (Å²) in [7, 11) is 0. The van der Waals surface area contributed by atoms with Gasteiger partial charge in [-0.05, 0) is 18.6 Å². The van der Waals surface area contributed by atoms with Gasteiger partial charge in [-0.1, -0.05) is 19.1 Å². The van der Waals surface area contributed by atoms with Gasteiger partial charge in [-0.15, -0.1) is 0 Å². The smallest absolute Gasteiger partial charge is 0.233 e. The van der Waals surface area contributed by atoms with Gasteiger partial charge in [-0.25, -0.2) is 0 Å². The number of benzene rings is 1. The highest BCUT2D eigenvalue weighted by molar-refractivity contribution is 5.91. The second kappa shape index (κ2) is 5.17. The van der Waals surface area contributed by atoms with Crippen molar-refractivity contribution in [2.75, 3.05) is 5.32 Å². The number of anilines is 1. The zero-order chi connectivity index (χ0) is 10.4. The third-order valence-corrected chi connectivity index (χ3v) is 1.74. The maximum absolute atomic E-state index is 11.2. The second-order valence-corrected chi connectivity index (χ2v) is 2.98. The molecule has 14 heavy (non-hydrogen) atoms. The molecule has 0 aromatic heterocycles. The first-order valence-corrected chi connectivity index (χ1v) is 4.54. The minimum Gasteiger partial charge on any atom is -0.326 e. The standard InChI is InChI=1S/C11H12NO2/c1-2-4-11(14)12-10-6-3-5-9(7-10)8-13/h3,5-7H,2,4H2,1H3,(H,12,14). The van der Waals surface area contributed by atoms with Crippen LogP contribution in [-0.2, 0) is 9.59 Å². The normalized spacial score (nSPS) is 9.50. The molecule has 1 radical (unpaired) electrons. The summed E-state index contributed by atoms with van der Waals surface area (Å²) in [6.07, 6.45) is 3.08. The number of carbonyl (C=O) groups is 1. The Morgan fingerprint density at radius 1 is 1.50 bits per heavy atom. The van der Waals surface area contributed by atoms with Crippen molar-refractivity contribution in [2.45, 2.75) is 19.8 Å². The molecule has 0 unspecified atom stereocenters. The fraction of sp³-hybridized carbons (Fsp3) is 0.273. The van der Waals surface area contributed by atoms with Gasteiger partial charge < -0.3 is 5.32 Å². The second-order valence-electron chi connectivity index (χ2n) is 2.98. The topological polar surface area (TPSA) is 46.2 Å². The molecular weight excluding hydrogens is 178 g/mol. The molecule has 0 atom stereocenters. The third-order valence-electron chi connectivity index (χ3n) is 1.74. The fourth-order valence-corrected chi connectivity index (χ4v) is 1.11. The number of nitrogens with one attached hydrogen (secondary N) is 1. The summed E-state index contributed by atoms with van der Waals surface area (Å²) in [5.74, 6) is -0.0319. The Labute approximate surface area is 83.1 Å². The van der Waals surface area contributed by atoms with E-state index in [1.165, 1.54) is 0 Å². The molecule has 3 nitrogen and oxygen atoms in total. The van der Waals surface area contributed by atoms with E-state index >= 15 is 0 Å². The first kappa shape index (κ1) is 10.4. The lowest BCUT2D eigenvalue weighted by atomic mass is 10.2. The summed E-state index contributed by atoms with van der Waals surface area (Å²) in [5.41, 5.74) is 1.09. The summed E-state index contributed by atoms with van der Waals surface area (Å²) in [6.45, 7) is 1.94. The van der Waals surface area contributed by atoms with Crippen molar-refractivity contribution >= 4 is 17.9 Å². The van der Waals surface area contributed by atoms with Gasteiger partial charge in [-0.3, -0.25) is 9.59 Å². The lowest BCUT2D eigenvalue weighted by Gasteiger charge is -2.03. The molecule has 0 fully saturated rings. The van der Waals surface area contributed by atoms with Crippen LogP contribution in [0, 0.1) is 0 Å². The van der Waals surface area contributed by atoms with Crippen LogP contribution in [0.5, 0.6) is 0 Å². The molecule has 1 amide bonds. The Bertz CT molecular complexity index is 334. The predicted octanol–water partition coefficient (Wildman–Crippen LogP) is 1.88. The molecule has 1 N–H and O–H groups in total. The molecule has 3 heteroatoms. The van der Waals surface area contributed by atoms with Crippen LogP contribution >= 0.6 is 0 Å². The van der Waals surface area contributed by atoms with E-state index in [1.54, 1.807) is 30.6 Å². The highest BCUT2D eigenvalue weighted by Crippen LogP contribution is 2.09. The highest BCUT2D eigenvalue weighted by Gasteiger charge is 2.00. The molecular formula is C11H12NO2. The van der Waals surface area contributed by atoms with E-state index in [9.17, 15) is 9.59 Å². The highest BCUT2D eigenvalue weighted by atomic mass is 16.1. The van der Waals surface area contributed by atoms with Crippen molar-refractivity contribution in [2.24, 2.45) is 0 Å². The first-order chi connectivity index (χ1) is 6.76. The van der Waals surface area contributed by atoms with Gasteiger partial charge in [-0.2, -0.15) is 0 Å². The van der Waals surface area contributed by atoms with Crippen molar-refractivity contribution < 1.29 is 9.59 Å². The summed E-state index contributed by atoms with van der Waals surface area (Å²) in [5, 5.41) is 2.70. The summed E-state index contributed by atoms with van der Waals surface area (Å²) in [6, 6.07) is 6.69. The van der Waals surface area contributed by atoms with Crippen LogP contribution in [0.1, 0.15) is 25.3 Å². The van der Waals surface area contributed by atoms with Gasteiger partial charge >= 0.3 is 0 Å². The van der Waals surface area contributed by atoms with Crippen LogP contribution in [0.15, 0.2) is 24.3 Å². The van der Waals surface area contributed by atoms with Crippen molar-refractivity contribution in [1.29, 1.82) is 0 Å². The van der Waals surface area contributed by atoms with Gasteiger partial charge in [0.15, 0.2) is 0 Å². The Morgan fingerprint density at radius 3 is 2.93 bits per heavy atom. The maximum Gasteiger partial charge on any atom is 0.233 e. The summed E-state index contributed by atoms with van der Waals surface area (Å²) in [4.78, 5) is 21.5. The zero-order valence-electron chi connectivity index (χ0n) is 8.04. The van der Waals surface area contributed by atoms with E-state index in [0.29, 0.717) is 17.7 Å². The van der Waals surface area contributed by atoms with E-state index in [2.05, 4.69) is 5.32 Å². The third kappa shape index (κ3) is 3.01. The van der Waals surface area contributed by atoms with Crippen LogP contribution in [0.4, 0.5) is 5.69 Å². The average Bonchev–Trinajstić information content (AvgIpc) is 2.18. The number of hydrogen-bond acceptors (Lipinski definition) is 2. The van der Waals surface area contributed by atoms with Crippen molar-refractivity contribution in [3.05, 3.63) is 29.8 Å². The van der Waals surface area contributed by atoms with Crippen LogP contribution in [-0.4, -0.2) is 12.2 Å². The maximum atomic E-state index is 11.2. The molecule has 1 aromatic rings. The van der Waals surface area contributed by atoms with Crippen LogP contribution in [0.2, 0.25) is 0 Å². The van der Waals surface area contributed by atoms with Gasteiger partial charge in [0.2, 0.25) is 12.2 Å². The molecule has 73 valence electrons. The number of hydrogen-bond donors (Lipinski definition) is 1. The van der Waals surface area contributed by atoms with Crippen molar-refractivity contribution in [3.63, 3.8) is 0 Å². The SMILES string of the molecule is CCCC(=O)Nc1cccc([C]=O)c1. The summed E-state index contributed by atoms with van der Waals surface area (Å²) >= 11 is 0. The van der Waals surface area contributed by atoms with Gasteiger partial charge in [0, 0.05) is 17.7 Å². The van der Waals surface area contributed by atoms with Crippen molar-refractivity contribution in [1.82, 2.24) is 0 Å². The molecule has 0 heterocycles. The van der Waals surface area contributed by atoms with Crippen molar-refractivity contribution in [3.8, 4) is 0 Å². The Balaban J connectivity index is 2.66. The molecule has 0 saturated heterocycles. The molecule has 0 spiro atoms. The molecule has 1 rings (SSSR count). The zero-order valence-corrected chi connectivity index (χ0v) is 8.04.